The molecule has 0 aromatic heterocycles. The molecular weight excluding hydrogens is 184 g/mol. The molecule has 1 nitrogen and oxygen atoms in total. The summed E-state index contributed by atoms with van der Waals surface area (Å²) >= 11 is 0. The standard InChI is InChI=1S/C14H14O/c1-2-3-11-4-6-14-9-12(10-15)5-7-13(14)8-11/h4-10H,2-3H2,1H3. The maximum absolute atomic E-state index is 10.6. The number of hydrogen-bond donors (Lipinski definition) is 0. The number of rotatable bonds is 3. The van der Waals surface area contributed by atoms with Crippen LogP contribution in [0.1, 0.15) is 29.3 Å². The van der Waals surface area contributed by atoms with Crippen molar-refractivity contribution in [3.63, 3.8) is 0 Å². The fourth-order valence-corrected chi connectivity index (χ4v) is 1.83. The van der Waals surface area contributed by atoms with Gasteiger partial charge in [-0.05, 0) is 28.8 Å². The Bertz CT molecular complexity index is 486. The topological polar surface area (TPSA) is 17.1 Å². The Balaban J connectivity index is 2.49. The molecule has 0 amide bonds. The van der Waals surface area contributed by atoms with Crippen molar-refractivity contribution in [3.8, 4) is 0 Å². The highest BCUT2D eigenvalue weighted by Gasteiger charge is 1.97. The minimum absolute atomic E-state index is 0.741. The Labute approximate surface area is 89.7 Å². The fraction of sp³-hybridized carbons (Fsp3) is 0.214. The highest BCUT2D eigenvalue weighted by atomic mass is 16.1. The summed E-state index contributed by atoms with van der Waals surface area (Å²) in [5.74, 6) is 0. The molecule has 0 fully saturated rings. The maximum atomic E-state index is 10.6. The number of carbonyl (C=O) groups is 1. The molecule has 0 heterocycles. The van der Waals surface area contributed by atoms with Crippen LogP contribution in [0.2, 0.25) is 0 Å². The van der Waals surface area contributed by atoms with Crippen LogP contribution < -0.4 is 0 Å². The van der Waals surface area contributed by atoms with E-state index in [1.165, 1.54) is 10.9 Å². The largest absolute Gasteiger partial charge is 0.298 e. The molecule has 0 N–H and O–H groups in total. The van der Waals surface area contributed by atoms with Gasteiger partial charge < -0.3 is 0 Å². The zero-order chi connectivity index (χ0) is 10.7. The van der Waals surface area contributed by atoms with Crippen LogP contribution in [0.15, 0.2) is 36.4 Å². The van der Waals surface area contributed by atoms with Crippen molar-refractivity contribution in [2.45, 2.75) is 19.8 Å². The van der Waals surface area contributed by atoms with E-state index in [-0.39, 0.29) is 0 Å². The molecule has 15 heavy (non-hydrogen) atoms. The molecule has 0 atom stereocenters. The van der Waals surface area contributed by atoms with Gasteiger partial charge in [-0.1, -0.05) is 43.7 Å². The second-order valence-corrected chi connectivity index (χ2v) is 3.81. The third-order valence-electron chi connectivity index (χ3n) is 2.60. The Morgan fingerprint density at radius 2 is 1.80 bits per heavy atom. The monoisotopic (exact) mass is 198 g/mol. The first-order valence-electron chi connectivity index (χ1n) is 5.31. The summed E-state index contributed by atoms with van der Waals surface area (Å²) in [7, 11) is 0. The number of carbonyl (C=O) groups excluding carboxylic acids is 1. The fourth-order valence-electron chi connectivity index (χ4n) is 1.83. The lowest BCUT2D eigenvalue weighted by Crippen LogP contribution is -1.84. The van der Waals surface area contributed by atoms with Gasteiger partial charge in [0.25, 0.3) is 0 Å². The van der Waals surface area contributed by atoms with Crippen molar-refractivity contribution in [2.75, 3.05) is 0 Å². The van der Waals surface area contributed by atoms with Gasteiger partial charge in [0.1, 0.15) is 6.29 Å². The first kappa shape index (κ1) is 9.91. The van der Waals surface area contributed by atoms with Crippen LogP contribution in [0.4, 0.5) is 0 Å². The number of fused-ring (bicyclic) bond motifs is 1. The van der Waals surface area contributed by atoms with E-state index in [9.17, 15) is 4.79 Å². The lowest BCUT2D eigenvalue weighted by molar-refractivity contribution is 0.112. The van der Waals surface area contributed by atoms with Gasteiger partial charge >= 0.3 is 0 Å². The molecule has 0 aliphatic rings. The number of hydrogen-bond acceptors (Lipinski definition) is 1. The smallest absolute Gasteiger partial charge is 0.150 e. The summed E-state index contributed by atoms with van der Waals surface area (Å²) in [4.78, 5) is 10.6. The van der Waals surface area contributed by atoms with Gasteiger partial charge in [-0.25, -0.2) is 0 Å². The predicted octanol–water partition coefficient (Wildman–Crippen LogP) is 3.60. The summed E-state index contributed by atoms with van der Waals surface area (Å²) in [6.07, 6.45) is 3.17. The molecule has 2 aromatic carbocycles. The second-order valence-electron chi connectivity index (χ2n) is 3.81. The van der Waals surface area contributed by atoms with E-state index < -0.39 is 0 Å². The molecule has 1 heteroatoms. The summed E-state index contributed by atoms with van der Waals surface area (Å²) in [5.41, 5.74) is 2.11. The third-order valence-corrected chi connectivity index (χ3v) is 2.60. The van der Waals surface area contributed by atoms with Gasteiger partial charge in [0.2, 0.25) is 0 Å². The van der Waals surface area contributed by atoms with Crippen molar-refractivity contribution in [3.05, 3.63) is 47.5 Å². The van der Waals surface area contributed by atoms with Gasteiger partial charge in [-0.2, -0.15) is 0 Å². The molecule has 0 aliphatic heterocycles. The van der Waals surface area contributed by atoms with Crippen LogP contribution in [-0.2, 0) is 6.42 Å². The van der Waals surface area contributed by atoms with Crippen molar-refractivity contribution in [1.82, 2.24) is 0 Å². The number of aldehydes is 1. The molecule has 2 aromatic rings. The molecule has 2 rings (SSSR count). The highest BCUT2D eigenvalue weighted by Crippen LogP contribution is 2.18. The van der Waals surface area contributed by atoms with Crippen molar-refractivity contribution in [2.24, 2.45) is 0 Å². The number of aryl methyl sites for hydroxylation is 1. The minimum atomic E-state index is 0.741. The quantitative estimate of drug-likeness (QED) is 0.688. The average molecular weight is 198 g/mol. The summed E-state index contributed by atoms with van der Waals surface area (Å²) in [6, 6.07) is 12.2. The molecule has 0 saturated heterocycles. The Hall–Kier alpha value is -1.63. The first-order valence-corrected chi connectivity index (χ1v) is 5.31. The van der Waals surface area contributed by atoms with Gasteiger partial charge in [0.15, 0.2) is 0 Å². The van der Waals surface area contributed by atoms with E-state index in [1.54, 1.807) is 0 Å². The predicted molar refractivity (Wildman–Crippen MR) is 63.3 cm³/mol. The van der Waals surface area contributed by atoms with E-state index in [4.69, 9.17) is 0 Å². The van der Waals surface area contributed by atoms with Crippen LogP contribution in [0.5, 0.6) is 0 Å². The van der Waals surface area contributed by atoms with Crippen LogP contribution >= 0.6 is 0 Å². The van der Waals surface area contributed by atoms with E-state index in [1.807, 2.05) is 18.2 Å². The van der Waals surface area contributed by atoms with Crippen LogP contribution in [0, 0.1) is 0 Å². The van der Waals surface area contributed by atoms with Crippen LogP contribution in [-0.4, -0.2) is 6.29 Å². The van der Waals surface area contributed by atoms with Crippen LogP contribution in [0.3, 0.4) is 0 Å². The summed E-state index contributed by atoms with van der Waals surface area (Å²) in [6.45, 7) is 2.18. The van der Waals surface area contributed by atoms with Crippen LogP contribution in [0.25, 0.3) is 10.8 Å². The SMILES string of the molecule is CCCc1ccc2cc(C=O)ccc2c1. The highest BCUT2D eigenvalue weighted by molar-refractivity contribution is 5.89. The molecular formula is C14H14O. The van der Waals surface area contributed by atoms with Crippen molar-refractivity contribution >= 4 is 17.1 Å². The molecule has 0 radical (unpaired) electrons. The average Bonchev–Trinajstić information content (AvgIpc) is 2.29. The first-order chi connectivity index (χ1) is 7.33. The van der Waals surface area contributed by atoms with E-state index in [2.05, 4.69) is 25.1 Å². The van der Waals surface area contributed by atoms with E-state index in [0.29, 0.717) is 0 Å². The molecule has 0 unspecified atom stereocenters. The van der Waals surface area contributed by atoms with Crippen molar-refractivity contribution < 1.29 is 4.79 Å². The second kappa shape index (κ2) is 4.26. The van der Waals surface area contributed by atoms with Gasteiger partial charge in [-0.3, -0.25) is 4.79 Å². The van der Waals surface area contributed by atoms with Gasteiger partial charge in [0, 0.05) is 5.56 Å². The molecule has 76 valence electrons. The molecule has 0 spiro atoms. The summed E-state index contributed by atoms with van der Waals surface area (Å²) < 4.78 is 0. The zero-order valence-corrected chi connectivity index (χ0v) is 8.86. The zero-order valence-electron chi connectivity index (χ0n) is 8.86. The maximum Gasteiger partial charge on any atom is 0.150 e. The lowest BCUT2D eigenvalue weighted by atomic mass is 10.0. The molecule has 0 bridgehead atoms. The minimum Gasteiger partial charge on any atom is -0.298 e. The normalized spacial score (nSPS) is 10.5. The van der Waals surface area contributed by atoms with Gasteiger partial charge in [0.05, 0.1) is 0 Å². The third kappa shape index (κ3) is 2.07. The van der Waals surface area contributed by atoms with Crippen molar-refractivity contribution in [1.29, 1.82) is 0 Å². The van der Waals surface area contributed by atoms with Gasteiger partial charge in [-0.15, -0.1) is 0 Å². The molecule has 0 aliphatic carbocycles. The van der Waals surface area contributed by atoms with E-state index >= 15 is 0 Å². The Morgan fingerprint density at radius 3 is 2.53 bits per heavy atom. The Morgan fingerprint density at radius 1 is 1.07 bits per heavy atom. The molecule has 0 saturated carbocycles. The Kier molecular flexibility index (Phi) is 2.82. The number of benzene rings is 2. The van der Waals surface area contributed by atoms with E-state index in [0.717, 1.165) is 30.1 Å². The summed E-state index contributed by atoms with van der Waals surface area (Å²) in [5, 5.41) is 2.35. The lowest BCUT2D eigenvalue weighted by Gasteiger charge is -2.02.